The fourth-order valence-corrected chi connectivity index (χ4v) is 7.10. The lowest BCUT2D eigenvalue weighted by atomic mass is 10.0. The van der Waals surface area contributed by atoms with Crippen LogP contribution in [0.25, 0.3) is 38.6 Å². The van der Waals surface area contributed by atoms with Gasteiger partial charge in [0, 0.05) is 56.7 Å². The summed E-state index contributed by atoms with van der Waals surface area (Å²) in [6.07, 6.45) is 3.91. The van der Waals surface area contributed by atoms with Crippen LogP contribution in [0.4, 0.5) is 34.1 Å². The van der Waals surface area contributed by atoms with Crippen molar-refractivity contribution in [3.8, 4) is 16.8 Å². The predicted octanol–water partition coefficient (Wildman–Crippen LogP) is 12.8. The number of para-hydroxylation sites is 5. The zero-order valence-corrected chi connectivity index (χ0v) is 27.9. The summed E-state index contributed by atoms with van der Waals surface area (Å²) in [6, 6.07) is 68.6. The van der Waals surface area contributed by atoms with Gasteiger partial charge in [-0.15, -0.1) is 0 Å². The molecule has 0 aliphatic heterocycles. The molecule has 0 radical (unpaired) electrons. The number of benzene rings is 7. The zero-order valence-electron chi connectivity index (χ0n) is 27.9. The maximum atomic E-state index is 4.78. The molecule has 7 aromatic carbocycles. The number of aromatic nitrogens is 2. The smallest absolute Gasteiger partial charge is 0.0651 e. The lowest BCUT2D eigenvalue weighted by Gasteiger charge is -2.25. The van der Waals surface area contributed by atoms with Crippen LogP contribution in [0.3, 0.4) is 0 Å². The van der Waals surface area contributed by atoms with Crippen LogP contribution in [-0.4, -0.2) is 9.55 Å². The normalized spacial score (nSPS) is 11.1. The molecule has 9 rings (SSSR count). The van der Waals surface area contributed by atoms with Crippen LogP contribution in [0.5, 0.6) is 0 Å². The van der Waals surface area contributed by atoms with Gasteiger partial charge in [-0.25, -0.2) is 0 Å². The second-order valence-corrected chi connectivity index (χ2v) is 12.5. The van der Waals surface area contributed by atoms with E-state index in [-0.39, 0.29) is 0 Å². The van der Waals surface area contributed by atoms with Crippen molar-refractivity contribution in [2.24, 2.45) is 0 Å². The highest BCUT2D eigenvalue weighted by atomic mass is 15.2. The van der Waals surface area contributed by atoms with Crippen LogP contribution in [0.1, 0.15) is 0 Å². The van der Waals surface area contributed by atoms with E-state index in [9.17, 15) is 0 Å². The van der Waals surface area contributed by atoms with E-state index in [1.54, 1.807) is 0 Å². The van der Waals surface area contributed by atoms with Crippen LogP contribution in [-0.2, 0) is 0 Å². The van der Waals surface area contributed by atoms with Gasteiger partial charge in [-0.1, -0.05) is 97.1 Å². The molecule has 9 aromatic rings. The highest BCUT2D eigenvalue weighted by Gasteiger charge is 2.19. The van der Waals surface area contributed by atoms with Gasteiger partial charge in [-0.2, -0.15) is 0 Å². The molecule has 4 nitrogen and oxygen atoms in total. The molecular formula is C47H34N4. The number of rotatable bonds is 8. The predicted molar refractivity (Wildman–Crippen MR) is 213 cm³/mol. The summed E-state index contributed by atoms with van der Waals surface area (Å²) in [6.45, 7) is 0. The highest BCUT2D eigenvalue weighted by molar-refractivity contribution is 6.12. The molecule has 0 saturated heterocycles. The maximum Gasteiger partial charge on any atom is 0.0651 e. The van der Waals surface area contributed by atoms with Crippen LogP contribution >= 0.6 is 0 Å². The molecule has 0 aliphatic rings. The molecule has 0 unspecified atom stereocenters. The Morgan fingerprint density at radius 3 is 1.31 bits per heavy atom. The van der Waals surface area contributed by atoms with E-state index in [4.69, 9.17) is 4.98 Å². The quantitative estimate of drug-likeness (QED) is 0.163. The Morgan fingerprint density at radius 1 is 0.333 bits per heavy atom. The van der Waals surface area contributed by atoms with Gasteiger partial charge >= 0.3 is 0 Å². The third-order valence-corrected chi connectivity index (χ3v) is 9.39. The van der Waals surface area contributed by atoms with E-state index in [1.165, 1.54) is 10.8 Å². The first-order valence-corrected chi connectivity index (χ1v) is 17.2. The van der Waals surface area contributed by atoms with Gasteiger partial charge in [0.25, 0.3) is 0 Å². The summed E-state index contributed by atoms with van der Waals surface area (Å²) >= 11 is 0. The summed E-state index contributed by atoms with van der Waals surface area (Å²) in [5.41, 5.74) is 12.1. The average molecular weight is 655 g/mol. The molecule has 0 saturated carbocycles. The number of pyridine rings is 1. The van der Waals surface area contributed by atoms with Crippen LogP contribution in [0, 0.1) is 0 Å². The van der Waals surface area contributed by atoms with Crippen molar-refractivity contribution in [1.29, 1.82) is 0 Å². The van der Waals surface area contributed by atoms with Crippen molar-refractivity contribution in [2.45, 2.75) is 0 Å². The lowest BCUT2D eigenvalue weighted by Crippen LogP contribution is -2.10. The minimum Gasteiger partial charge on any atom is -0.310 e. The molecule has 2 aromatic heterocycles. The van der Waals surface area contributed by atoms with E-state index in [0.29, 0.717) is 0 Å². The van der Waals surface area contributed by atoms with Crippen molar-refractivity contribution in [2.75, 3.05) is 9.80 Å². The standard InChI is InChI=1S/C47H34N4/c1-6-16-37(17-7-1)49(38-18-8-2-9-19-38)42-27-29-47-45(32-42)44-31-35(26-28-46(44)51(47)41-24-14-5-15-25-41)36-30-43(34-48-33-36)50(39-20-10-3-11-21-39)40-22-12-4-13-23-40/h1-34H. The molecule has 0 bridgehead atoms. The monoisotopic (exact) mass is 654 g/mol. The molecule has 0 aliphatic carbocycles. The molecule has 0 amide bonds. The van der Waals surface area contributed by atoms with E-state index in [1.807, 2.05) is 24.5 Å². The molecule has 0 spiro atoms. The zero-order chi connectivity index (χ0) is 34.0. The Kier molecular flexibility index (Phi) is 7.80. The summed E-state index contributed by atoms with van der Waals surface area (Å²) < 4.78 is 2.37. The first-order chi connectivity index (χ1) is 25.3. The number of hydrogen-bond donors (Lipinski definition) is 0. The van der Waals surface area contributed by atoms with Crippen LogP contribution < -0.4 is 9.80 Å². The highest BCUT2D eigenvalue weighted by Crippen LogP contribution is 2.41. The van der Waals surface area contributed by atoms with Crippen LogP contribution in [0.2, 0.25) is 0 Å². The lowest BCUT2D eigenvalue weighted by molar-refractivity contribution is 1.18. The van der Waals surface area contributed by atoms with Crippen molar-refractivity contribution in [1.82, 2.24) is 9.55 Å². The third-order valence-electron chi connectivity index (χ3n) is 9.39. The molecule has 0 fully saturated rings. The topological polar surface area (TPSA) is 24.3 Å². The average Bonchev–Trinajstić information content (AvgIpc) is 3.53. The van der Waals surface area contributed by atoms with E-state index in [2.05, 4.69) is 196 Å². The van der Waals surface area contributed by atoms with Gasteiger partial charge in [0.05, 0.1) is 22.9 Å². The SMILES string of the molecule is c1ccc(N(c2ccccc2)c2cncc(-c3ccc4c(c3)c3cc(N(c5ccccc5)c5ccccc5)ccc3n4-c3ccccc3)c2)cc1. The van der Waals surface area contributed by atoms with Crippen molar-refractivity contribution in [3.63, 3.8) is 0 Å². The van der Waals surface area contributed by atoms with Gasteiger partial charge in [0.1, 0.15) is 0 Å². The second kappa shape index (κ2) is 13.2. The van der Waals surface area contributed by atoms with Crippen molar-refractivity contribution in [3.05, 3.63) is 207 Å². The van der Waals surface area contributed by atoms with E-state index >= 15 is 0 Å². The first kappa shape index (κ1) is 30.2. The summed E-state index contributed by atoms with van der Waals surface area (Å²) in [4.78, 5) is 9.36. The summed E-state index contributed by atoms with van der Waals surface area (Å²) in [5.74, 6) is 0. The molecular weight excluding hydrogens is 621 g/mol. The Balaban J connectivity index is 1.23. The minimum absolute atomic E-state index is 1.00. The van der Waals surface area contributed by atoms with E-state index < -0.39 is 0 Å². The van der Waals surface area contributed by atoms with Crippen molar-refractivity contribution >= 4 is 55.9 Å². The molecule has 51 heavy (non-hydrogen) atoms. The molecule has 2 heterocycles. The molecule has 242 valence electrons. The summed E-state index contributed by atoms with van der Waals surface area (Å²) in [5, 5.41) is 2.37. The number of hydrogen-bond acceptors (Lipinski definition) is 3. The Morgan fingerprint density at radius 2 is 0.784 bits per heavy atom. The number of fused-ring (bicyclic) bond motifs is 3. The second-order valence-electron chi connectivity index (χ2n) is 12.5. The van der Waals surface area contributed by atoms with Crippen molar-refractivity contribution < 1.29 is 0 Å². The van der Waals surface area contributed by atoms with Gasteiger partial charge < -0.3 is 14.4 Å². The maximum absolute atomic E-state index is 4.78. The van der Waals surface area contributed by atoms with Gasteiger partial charge in [-0.3, -0.25) is 4.98 Å². The van der Waals surface area contributed by atoms with E-state index in [0.717, 1.165) is 62.0 Å². The Labute approximate surface area is 297 Å². The third kappa shape index (κ3) is 5.69. The number of nitrogens with zero attached hydrogens (tertiary/aromatic N) is 4. The molecule has 0 N–H and O–H groups in total. The largest absolute Gasteiger partial charge is 0.310 e. The fraction of sp³-hybridized carbons (Fsp3) is 0. The van der Waals surface area contributed by atoms with Crippen LogP contribution in [0.15, 0.2) is 207 Å². The summed E-state index contributed by atoms with van der Waals surface area (Å²) in [7, 11) is 0. The molecule has 0 atom stereocenters. The van der Waals surface area contributed by atoms with Gasteiger partial charge in [0.15, 0.2) is 0 Å². The number of anilines is 6. The fourth-order valence-electron chi connectivity index (χ4n) is 7.10. The van der Waals surface area contributed by atoms with Gasteiger partial charge in [-0.05, 0) is 103 Å². The van der Waals surface area contributed by atoms with Gasteiger partial charge in [0.2, 0.25) is 0 Å². The Bertz CT molecular complexity index is 2490. The first-order valence-electron chi connectivity index (χ1n) is 17.2. The minimum atomic E-state index is 1.00. The molecule has 4 heteroatoms. The Hall–Kier alpha value is -6.91.